The van der Waals surface area contributed by atoms with Crippen LogP contribution in [0.1, 0.15) is 73.6 Å². The van der Waals surface area contributed by atoms with Crippen molar-refractivity contribution in [1.82, 2.24) is 15.5 Å². The maximum Gasteiger partial charge on any atom is 0.258 e. The highest BCUT2D eigenvalue weighted by Crippen LogP contribution is 2.61. The molecule has 1 amide bonds. The second-order valence-electron chi connectivity index (χ2n) is 9.47. The zero-order valence-corrected chi connectivity index (χ0v) is 16.5. The lowest BCUT2D eigenvalue weighted by atomic mass is 9.47. The Kier molecular flexibility index (Phi) is 3.85. The summed E-state index contributed by atoms with van der Waals surface area (Å²) >= 11 is 0. The van der Waals surface area contributed by atoms with Gasteiger partial charge < -0.3 is 9.84 Å². The first kappa shape index (κ1) is 17.2. The Balaban J connectivity index is 1.46. The topological polar surface area (TPSA) is 68.0 Å². The van der Waals surface area contributed by atoms with Crippen LogP contribution in [-0.2, 0) is 0 Å². The number of carbonyl (C=O) groups is 1. The van der Waals surface area contributed by atoms with Crippen LogP contribution >= 0.6 is 0 Å². The van der Waals surface area contributed by atoms with Crippen molar-refractivity contribution in [3.63, 3.8) is 0 Å². The minimum absolute atomic E-state index is 0.000560. The zero-order valence-electron chi connectivity index (χ0n) is 16.5. The molecule has 27 heavy (non-hydrogen) atoms. The van der Waals surface area contributed by atoms with Crippen LogP contribution in [0.5, 0.6) is 0 Å². The molecule has 0 unspecified atom stereocenters. The van der Waals surface area contributed by atoms with Gasteiger partial charge >= 0.3 is 0 Å². The van der Waals surface area contributed by atoms with Gasteiger partial charge in [-0.3, -0.25) is 4.79 Å². The van der Waals surface area contributed by atoms with Crippen molar-refractivity contribution in [2.24, 2.45) is 23.2 Å². The third-order valence-corrected chi connectivity index (χ3v) is 7.53. The standard InChI is InChI=1S/C22H29N3O2/c1-4-18(22-9-14-6-15(10-22)8-16(7-14)11-22)24-20(26)17-5-12(2)23-21-19(17)13(3)25-27-21/h5,14-16,18H,4,6-11H2,1-3H3,(H,24,26)/t14?,15?,16?,18-,22?/m1/s1. The Morgan fingerprint density at radius 3 is 2.44 bits per heavy atom. The van der Waals surface area contributed by atoms with Crippen LogP contribution in [0.3, 0.4) is 0 Å². The average molecular weight is 367 g/mol. The molecule has 144 valence electrons. The van der Waals surface area contributed by atoms with E-state index in [4.69, 9.17) is 4.52 Å². The summed E-state index contributed by atoms with van der Waals surface area (Å²) in [7, 11) is 0. The average Bonchev–Trinajstić information content (AvgIpc) is 2.98. The molecule has 4 aliphatic carbocycles. The summed E-state index contributed by atoms with van der Waals surface area (Å²) in [5.41, 5.74) is 2.93. The van der Waals surface area contributed by atoms with Crippen LogP contribution in [0.15, 0.2) is 10.6 Å². The predicted molar refractivity (Wildman–Crippen MR) is 103 cm³/mol. The van der Waals surface area contributed by atoms with E-state index in [1.165, 1.54) is 38.5 Å². The number of aromatic nitrogens is 2. The van der Waals surface area contributed by atoms with E-state index >= 15 is 0 Å². The summed E-state index contributed by atoms with van der Waals surface area (Å²) in [6, 6.07) is 2.12. The van der Waals surface area contributed by atoms with Crippen LogP contribution in [0.4, 0.5) is 0 Å². The van der Waals surface area contributed by atoms with Gasteiger partial charge in [-0.05, 0) is 88.0 Å². The molecular weight excluding hydrogens is 338 g/mol. The van der Waals surface area contributed by atoms with Crippen molar-refractivity contribution in [3.8, 4) is 0 Å². The molecule has 1 atom stereocenters. The molecule has 4 aliphatic rings. The van der Waals surface area contributed by atoms with E-state index in [2.05, 4.69) is 22.4 Å². The number of carbonyl (C=O) groups excluding carboxylic acids is 1. The van der Waals surface area contributed by atoms with E-state index in [9.17, 15) is 4.79 Å². The SMILES string of the molecule is CC[C@@H](NC(=O)c1cc(C)nc2onc(C)c12)C12CC3CC(CC(C3)C1)C2. The molecule has 2 aromatic rings. The maximum atomic E-state index is 13.3. The van der Waals surface area contributed by atoms with Crippen molar-refractivity contribution in [3.05, 3.63) is 23.0 Å². The number of hydrogen-bond donors (Lipinski definition) is 1. The minimum atomic E-state index is -0.000560. The summed E-state index contributed by atoms with van der Waals surface area (Å²) in [6.45, 7) is 5.99. The Bertz CT molecular complexity index is 865. The van der Waals surface area contributed by atoms with Crippen molar-refractivity contribution in [2.75, 3.05) is 0 Å². The second-order valence-corrected chi connectivity index (χ2v) is 9.47. The van der Waals surface area contributed by atoms with Crippen LogP contribution in [0.2, 0.25) is 0 Å². The molecule has 2 aromatic heterocycles. The van der Waals surface area contributed by atoms with E-state index < -0.39 is 0 Å². The molecule has 1 N–H and O–H groups in total. The molecule has 5 heteroatoms. The third kappa shape index (κ3) is 2.69. The predicted octanol–water partition coefficient (Wildman–Crippen LogP) is 4.56. The molecule has 4 bridgehead atoms. The molecule has 0 radical (unpaired) electrons. The van der Waals surface area contributed by atoms with Gasteiger partial charge in [0.1, 0.15) is 0 Å². The lowest BCUT2D eigenvalue weighted by Gasteiger charge is -2.59. The van der Waals surface area contributed by atoms with Gasteiger partial charge in [0.2, 0.25) is 0 Å². The van der Waals surface area contributed by atoms with E-state index in [1.54, 1.807) is 0 Å². The number of fused-ring (bicyclic) bond motifs is 1. The van der Waals surface area contributed by atoms with Crippen molar-refractivity contribution < 1.29 is 9.32 Å². The van der Waals surface area contributed by atoms with Gasteiger partial charge in [0.15, 0.2) is 0 Å². The van der Waals surface area contributed by atoms with Gasteiger partial charge in [0.05, 0.1) is 16.6 Å². The highest BCUT2D eigenvalue weighted by atomic mass is 16.5. The molecule has 6 rings (SSSR count). The highest BCUT2D eigenvalue weighted by molar-refractivity contribution is 6.06. The third-order valence-electron chi connectivity index (χ3n) is 7.53. The van der Waals surface area contributed by atoms with E-state index in [0.717, 1.165) is 40.9 Å². The number of amides is 1. The van der Waals surface area contributed by atoms with E-state index in [-0.39, 0.29) is 11.9 Å². The van der Waals surface area contributed by atoms with Gasteiger partial charge in [0.25, 0.3) is 11.6 Å². The summed E-state index contributed by atoms with van der Waals surface area (Å²) in [4.78, 5) is 17.7. The Hall–Kier alpha value is -1.91. The second kappa shape index (κ2) is 6.05. The van der Waals surface area contributed by atoms with Crippen molar-refractivity contribution in [1.29, 1.82) is 0 Å². The number of nitrogens with one attached hydrogen (secondary N) is 1. The highest BCUT2D eigenvalue weighted by Gasteiger charge is 2.54. The normalized spacial score (nSPS) is 32.8. The molecule has 0 saturated heterocycles. The zero-order chi connectivity index (χ0) is 18.8. The monoisotopic (exact) mass is 367 g/mol. The number of nitrogens with zero attached hydrogens (tertiary/aromatic N) is 2. The van der Waals surface area contributed by atoms with Crippen LogP contribution < -0.4 is 5.32 Å². The smallest absolute Gasteiger partial charge is 0.258 e. The molecule has 0 aliphatic heterocycles. The molecule has 2 heterocycles. The lowest BCUT2D eigenvalue weighted by molar-refractivity contribution is -0.0727. The van der Waals surface area contributed by atoms with Gasteiger partial charge in [-0.15, -0.1) is 0 Å². The van der Waals surface area contributed by atoms with Gasteiger partial charge in [-0.2, -0.15) is 0 Å². The fraction of sp³-hybridized carbons (Fsp3) is 0.682. The molecule has 0 aromatic carbocycles. The number of hydrogen-bond acceptors (Lipinski definition) is 4. The fourth-order valence-corrected chi connectivity index (χ4v) is 6.93. The minimum Gasteiger partial charge on any atom is -0.349 e. The largest absolute Gasteiger partial charge is 0.349 e. The van der Waals surface area contributed by atoms with Crippen LogP contribution in [0.25, 0.3) is 11.1 Å². The summed E-state index contributed by atoms with van der Waals surface area (Å²) in [5, 5.41) is 8.20. The lowest BCUT2D eigenvalue weighted by Crippen LogP contribution is -2.56. The number of rotatable bonds is 4. The van der Waals surface area contributed by atoms with Gasteiger partial charge in [-0.1, -0.05) is 12.1 Å². The van der Waals surface area contributed by atoms with E-state index in [1.807, 2.05) is 19.9 Å². The fourth-order valence-electron chi connectivity index (χ4n) is 6.93. The van der Waals surface area contributed by atoms with Crippen LogP contribution in [-0.4, -0.2) is 22.1 Å². The number of aryl methyl sites for hydroxylation is 2. The van der Waals surface area contributed by atoms with Gasteiger partial charge in [-0.25, -0.2) is 4.98 Å². The molecule has 4 saturated carbocycles. The quantitative estimate of drug-likeness (QED) is 0.860. The maximum absolute atomic E-state index is 13.3. The Labute approximate surface area is 160 Å². The van der Waals surface area contributed by atoms with Crippen LogP contribution in [0, 0.1) is 37.0 Å². The first-order chi connectivity index (χ1) is 13.0. The first-order valence-corrected chi connectivity index (χ1v) is 10.5. The van der Waals surface area contributed by atoms with Crippen molar-refractivity contribution in [2.45, 2.75) is 71.8 Å². The Morgan fingerprint density at radius 1 is 1.22 bits per heavy atom. The molecule has 5 nitrogen and oxygen atoms in total. The molecular formula is C22H29N3O2. The van der Waals surface area contributed by atoms with Crippen molar-refractivity contribution >= 4 is 17.0 Å². The number of pyridine rings is 1. The van der Waals surface area contributed by atoms with E-state index in [0.29, 0.717) is 16.7 Å². The summed E-state index contributed by atoms with van der Waals surface area (Å²) in [6.07, 6.45) is 9.17. The summed E-state index contributed by atoms with van der Waals surface area (Å²) in [5.74, 6) is 2.66. The first-order valence-electron chi connectivity index (χ1n) is 10.5. The Morgan fingerprint density at radius 2 is 1.85 bits per heavy atom. The summed E-state index contributed by atoms with van der Waals surface area (Å²) < 4.78 is 5.31. The van der Waals surface area contributed by atoms with Gasteiger partial charge in [0, 0.05) is 11.7 Å². The molecule has 0 spiro atoms. The molecule has 4 fully saturated rings.